The second-order valence-corrected chi connectivity index (χ2v) is 7.29. The van der Waals surface area contributed by atoms with Gasteiger partial charge in [0.25, 0.3) is 0 Å². The lowest BCUT2D eigenvalue weighted by molar-refractivity contribution is 0.277. The Kier molecular flexibility index (Phi) is 4.46. The molecule has 0 radical (unpaired) electrons. The molecule has 1 fully saturated rings. The molecule has 0 amide bonds. The quantitative estimate of drug-likeness (QED) is 0.850. The van der Waals surface area contributed by atoms with Gasteiger partial charge in [-0.3, -0.25) is 0 Å². The van der Waals surface area contributed by atoms with Crippen molar-refractivity contribution in [1.29, 1.82) is 0 Å². The maximum atomic E-state index is 3.67. The highest BCUT2D eigenvalue weighted by Crippen LogP contribution is 2.29. The third-order valence-corrected chi connectivity index (χ3v) is 4.64. The van der Waals surface area contributed by atoms with Gasteiger partial charge in [-0.05, 0) is 44.2 Å². The van der Waals surface area contributed by atoms with Gasteiger partial charge in [0.05, 0.1) is 0 Å². The average molecular weight is 278 g/mol. The largest absolute Gasteiger partial charge is 0.365 e. The average Bonchev–Trinajstić information content (AvgIpc) is 2.37. The number of benzene rings is 1. The Labute approximate surface area is 122 Å². The van der Waals surface area contributed by atoms with Crippen molar-refractivity contribution in [1.82, 2.24) is 5.32 Å². The minimum atomic E-state index is 0.181. The molecule has 1 unspecified atom stereocenters. The summed E-state index contributed by atoms with van der Waals surface area (Å²) in [5.74, 6) is 0.654. The first-order valence-electron chi connectivity index (χ1n) is 7.09. The van der Waals surface area contributed by atoms with E-state index >= 15 is 0 Å². The Morgan fingerprint density at radius 1 is 1.37 bits per heavy atom. The highest BCUT2D eigenvalue weighted by molar-refractivity contribution is 7.98. The second-order valence-electron chi connectivity index (χ2n) is 6.41. The Morgan fingerprint density at radius 3 is 2.74 bits per heavy atom. The molecular weight excluding hydrogens is 252 g/mol. The summed E-state index contributed by atoms with van der Waals surface area (Å²) in [5, 5.41) is 3.67. The van der Waals surface area contributed by atoms with Crippen molar-refractivity contribution in [3.63, 3.8) is 0 Å². The van der Waals surface area contributed by atoms with Crippen LogP contribution in [0.1, 0.15) is 27.7 Å². The summed E-state index contributed by atoms with van der Waals surface area (Å²) < 4.78 is 0. The van der Waals surface area contributed by atoms with Gasteiger partial charge >= 0.3 is 0 Å². The molecule has 1 atom stereocenters. The molecule has 0 bridgehead atoms. The van der Waals surface area contributed by atoms with Crippen LogP contribution in [0.25, 0.3) is 0 Å². The van der Waals surface area contributed by atoms with E-state index in [0.717, 1.165) is 13.1 Å². The molecule has 1 saturated heterocycles. The smallest absolute Gasteiger partial charge is 0.0438 e. The molecule has 0 saturated carbocycles. The number of rotatable bonds is 3. The topological polar surface area (TPSA) is 15.3 Å². The zero-order chi connectivity index (χ0) is 14.0. The van der Waals surface area contributed by atoms with E-state index in [4.69, 9.17) is 0 Å². The lowest BCUT2D eigenvalue weighted by Gasteiger charge is -2.47. The van der Waals surface area contributed by atoms with Crippen molar-refractivity contribution in [3.05, 3.63) is 24.3 Å². The van der Waals surface area contributed by atoms with E-state index in [9.17, 15) is 0 Å². The van der Waals surface area contributed by atoms with Crippen molar-refractivity contribution >= 4 is 17.4 Å². The Hall–Kier alpha value is -0.670. The fourth-order valence-corrected chi connectivity index (χ4v) is 3.21. The van der Waals surface area contributed by atoms with Gasteiger partial charge in [-0.1, -0.05) is 19.9 Å². The zero-order valence-corrected chi connectivity index (χ0v) is 13.6. The molecule has 1 N–H and O–H groups in total. The van der Waals surface area contributed by atoms with Crippen molar-refractivity contribution in [2.75, 3.05) is 24.2 Å². The lowest BCUT2D eigenvalue weighted by Crippen LogP contribution is -2.63. The van der Waals surface area contributed by atoms with E-state index < -0.39 is 0 Å². The summed E-state index contributed by atoms with van der Waals surface area (Å²) >= 11 is 1.81. The van der Waals surface area contributed by atoms with Gasteiger partial charge in [-0.15, -0.1) is 11.8 Å². The van der Waals surface area contributed by atoms with Crippen LogP contribution in [-0.2, 0) is 0 Å². The molecule has 1 aliphatic rings. The summed E-state index contributed by atoms with van der Waals surface area (Å²) in [6.07, 6.45) is 2.14. The van der Waals surface area contributed by atoms with Gasteiger partial charge in [0, 0.05) is 35.3 Å². The lowest BCUT2D eigenvalue weighted by atomic mass is 9.92. The molecule has 106 valence electrons. The van der Waals surface area contributed by atoms with Crippen LogP contribution < -0.4 is 10.2 Å². The first-order valence-corrected chi connectivity index (χ1v) is 8.31. The molecule has 0 spiro atoms. The molecule has 1 aromatic carbocycles. The highest BCUT2D eigenvalue weighted by atomic mass is 32.2. The molecular formula is C16H26N2S. The maximum absolute atomic E-state index is 3.67. The molecule has 2 nitrogen and oxygen atoms in total. The highest BCUT2D eigenvalue weighted by Gasteiger charge is 2.34. The second kappa shape index (κ2) is 5.76. The minimum Gasteiger partial charge on any atom is -0.365 e. The summed E-state index contributed by atoms with van der Waals surface area (Å²) in [6.45, 7) is 11.3. The van der Waals surface area contributed by atoms with Crippen molar-refractivity contribution in [2.45, 2.75) is 44.2 Å². The molecule has 1 heterocycles. The molecule has 3 heteroatoms. The first kappa shape index (κ1) is 14.7. The normalized spacial score (nSPS) is 22.8. The monoisotopic (exact) mass is 278 g/mol. The standard InChI is InChI=1S/C16H26N2S/c1-12(2)15-10-17-16(3,4)11-18(15)13-7-6-8-14(9-13)19-5/h6-9,12,15,17H,10-11H2,1-5H3. The number of thioether (sulfide) groups is 1. The Balaban J connectivity index is 2.30. The van der Waals surface area contributed by atoms with E-state index in [0.29, 0.717) is 12.0 Å². The number of hydrogen-bond acceptors (Lipinski definition) is 3. The number of nitrogens with one attached hydrogen (secondary N) is 1. The van der Waals surface area contributed by atoms with E-state index in [1.165, 1.54) is 10.6 Å². The minimum absolute atomic E-state index is 0.181. The third-order valence-electron chi connectivity index (χ3n) is 3.91. The van der Waals surface area contributed by atoms with E-state index in [-0.39, 0.29) is 5.54 Å². The van der Waals surface area contributed by atoms with Crippen molar-refractivity contribution < 1.29 is 0 Å². The molecule has 1 aliphatic heterocycles. The Bertz CT molecular complexity index is 429. The summed E-state index contributed by atoms with van der Waals surface area (Å²) in [7, 11) is 0. The number of anilines is 1. The van der Waals surface area contributed by atoms with Gasteiger partial charge in [-0.2, -0.15) is 0 Å². The van der Waals surface area contributed by atoms with Crippen LogP contribution in [0, 0.1) is 5.92 Å². The third kappa shape index (κ3) is 3.46. The zero-order valence-electron chi connectivity index (χ0n) is 12.7. The van der Waals surface area contributed by atoms with E-state index in [1.54, 1.807) is 0 Å². The van der Waals surface area contributed by atoms with Crippen LogP contribution in [0.4, 0.5) is 5.69 Å². The molecule has 19 heavy (non-hydrogen) atoms. The molecule has 2 rings (SSSR count). The molecule has 0 aromatic heterocycles. The van der Waals surface area contributed by atoms with E-state index in [2.05, 4.69) is 68.4 Å². The summed E-state index contributed by atoms with van der Waals surface area (Å²) in [4.78, 5) is 3.93. The van der Waals surface area contributed by atoms with Gasteiger partial charge in [0.15, 0.2) is 0 Å². The van der Waals surface area contributed by atoms with Crippen molar-refractivity contribution in [2.24, 2.45) is 5.92 Å². The first-order chi connectivity index (χ1) is 8.93. The fourth-order valence-electron chi connectivity index (χ4n) is 2.76. The van der Waals surface area contributed by atoms with Gasteiger partial charge in [0.2, 0.25) is 0 Å². The number of piperazine rings is 1. The number of hydrogen-bond donors (Lipinski definition) is 1. The predicted molar refractivity (Wildman–Crippen MR) is 86.3 cm³/mol. The molecule has 1 aromatic rings. The summed E-state index contributed by atoms with van der Waals surface area (Å²) in [6, 6.07) is 9.50. The summed E-state index contributed by atoms with van der Waals surface area (Å²) in [5.41, 5.74) is 1.54. The van der Waals surface area contributed by atoms with Crippen LogP contribution in [0.5, 0.6) is 0 Å². The Morgan fingerprint density at radius 2 is 2.11 bits per heavy atom. The SMILES string of the molecule is CSc1cccc(N2CC(C)(C)NCC2C(C)C)c1. The van der Waals surface area contributed by atoms with Crippen LogP contribution >= 0.6 is 11.8 Å². The van der Waals surface area contributed by atoms with Crippen LogP contribution in [0.15, 0.2) is 29.2 Å². The molecule has 0 aliphatic carbocycles. The predicted octanol–water partition coefficient (Wildman–Crippen LogP) is 3.62. The van der Waals surface area contributed by atoms with Crippen LogP contribution in [0.3, 0.4) is 0 Å². The van der Waals surface area contributed by atoms with Gasteiger partial charge < -0.3 is 10.2 Å². The van der Waals surface area contributed by atoms with Crippen LogP contribution in [0.2, 0.25) is 0 Å². The fraction of sp³-hybridized carbons (Fsp3) is 0.625. The van der Waals surface area contributed by atoms with Crippen LogP contribution in [-0.4, -0.2) is 30.9 Å². The number of nitrogens with zero attached hydrogens (tertiary/aromatic N) is 1. The van der Waals surface area contributed by atoms with Crippen molar-refractivity contribution in [3.8, 4) is 0 Å². The van der Waals surface area contributed by atoms with E-state index in [1.807, 2.05) is 11.8 Å². The van der Waals surface area contributed by atoms with Gasteiger partial charge in [0.1, 0.15) is 0 Å². The van der Waals surface area contributed by atoms with Gasteiger partial charge in [-0.25, -0.2) is 0 Å². The maximum Gasteiger partial charge on any atom is 0.0438 e.